The average Bonchev–Trinajstić information content (AvgIpc) is 2.34. The molecule has 0 unspecified atom stereocenters. The van der Waals surface area contributed by atoms with Gasteiger partial charge in [0.15, 0.2) is 0 Å². The van der Waals surface area contributed by atoms with E-state index >= 15 is 0 Å². The maximum absolute atomic E-state index is 11.5. The molecule has 0 aromatic carbocycles. The zero-order chi connectivity index (χ0) is 13.5. The Hall–Kier alpha value is -2.11. The van der Waals surface area contributed by atoms with Crippen molar-refractivity contribution in [3.05, 3.63) is 29.6 Å². The van der Waals surface area contributed by atoms with E-state index in [9.17, 15) is 9.59 Å². The molecule has 0 radical (unpaired) electrons. The highest BCUT2D eigenvalue weighted by molar-refractivity contribution is 5.82. The Labute approximate surface area is 105 Å². The van der Waals surface area contributed by atoms with E-state index in [1.807, 2.05) is 19.1 Å². The summed E-state index contributed by atoms with van der Waals surface area (Å²) in [5, 5.41) is 13.8. The van der Waals surface area contributed by atoms with Crippen LogP contribution in [0.3, 0.4) is 0 Å². The van der Waals surface area contributed by atoms with Crippen molar-refractivity contribution in [2.45, 2.75) is 32.9 Å². The van der Waals surface area contributed by atoms with Gasteiger partial charge in [0.05, 0.1) is 12.2 Å². The SMILES string of the molecule is CC[C@H](NC(=O)NCc1ncccc1C)C(=O)O. The van der Waals surface area contributed by atoms with Crippen LogP contribution in [0, 0.1) is 6.92 Å². The molecule has 0 aliphatic carbocycles. The molecule has 1 aromatic heterocycles. The van der Waals surface area contributed by atoms with Crippen molar-refractivity contribution in [1.29, 1.82) is 0 Å². The number of nitrogens with zero attached hydrogens (tertiary/aromatic N) is 1. The van der Waals surface area contributed by atoms with Gasteiger partial charge >= 0.3 is 12.0 Å². The third-order valence-corrected chi connectivity index (χ3v) is 2.55. The number of carbonyl (C=O) groups is 2. The van der Waals surface area contributed by atoms with Gasteiger partial charge in [-0.3, -0.25) is 4.98 Å². The molecular formula is C12H17N3O3. The number of nitrogens with one attached hydrogen (secondary N) is 2. The fourth-order valence-corrected chi connectivity index (χ4v) is 1.42. The Morgan fingerprint density at radius 1 is 1.50 bits per heavy atom. The van der Waals surface area contributed by atoms with Gasteiger partial charge in [-0.25, -0.2) is 9.59 Å². The van der Waals surface area contributed by atoms with Crippen LogP contribution in [-0.4, -0.2) is 28.1 Å². The Balaban J connectivity index is 2.47. The van der Waals surface area contributed by atoms with E-state index in [-0.39, 0.29) is 6.54 Å². The summed E-state index contributed by atoms with van der Waals surface area (Å²) in [6.45, 7) is 3.87. The van der Waals surface area contributed by atoms with Gasteiger partial charge in [0.2, 0.25) is 0 Å². The van der Waals surface area contributed by atoms with Crippen LogP contribution in [0.1, 0.15) is 24.6 Å². The van der Waals surface area contributed by atoms with Crippen LogP contribution in [-0.2, 0) is 11.3 Å². The van der Waals surface area contributed by atoms with E-state index in [4.69, 9.17) is 5.11 Å². The van der Waals surface area contributed by atoms with Gasteiger partial charge in [0, 0.05) is 6.20 Å². The Morgan fingerprint density at radius 2 is 2.22 bits per heavy atom. The van der Waals surface area contributed by atoms with Crippen molar-refractivity contribution >= 4 is 12.0 Å². The second-order valence-electron chi connectivity index (χ2n) is 3.89. The van der Waals surface area contributed by atoms with Crippen LogP contribution < -0.4 is 10.6 Å². The van der Waals surface area contributed by atoms with Gasteiger partial charge in [-0.05, 0) is 25.0 Å². The molecular weight excluding hydrogens is 234 g/mol. The van der Waals surface area contributed by atoms with E-state index < -0.39 is 18.0 Å². The first-order valence-electron chi connectivity index (χ1n) is 5.72. The van der Waals surface area contributed by atoms with E-state index in [1.165, 1.54) is 0 Å². The van der Waals surface area contributed by atoms with Crippen molar-refractivity contribution in [3.63, 3.8) is 0 Å². The molecule has 98 valence electrons. The largest absolute Gasteiger partial charge is 0.480 e. The molecule has 1 rings (SSSR count). The summed E-state index contributed by atoms with van der Waals surface area (Å²) in [5.74, 6) is -1.04. The summed E-state index contributed by atoms with van der Waals surface area (Å²) in [6, 6.07) is 2.34. The minimum absolute atomic E-state index is 0.272. The van der Waals surface area contributed by atoms with Crippen LogP contribution in [0.25, 0.3) is 0 Å². The van der Waals surface area contributed by atoms with Gasteiger partial charge in [0.1, 0.15) is 6.04 Å². The minimum Gasteiger partial charge on any atom is -0.480 e. The lowest BCUT2D eigenvalue weighted by Crippen LogP contribution is -2.45. The Morgan fingerprint density at radius 3 is 2.78 bits per heavy atom. The fraction of sp³-hybridized carbons (Fsp3) is 0.417. The number of amides is 2. The number of hydrogen-bond acceptors (Lipinski definition) is 3. The molecule has 1 aromatic rings. The molecule has 1 atom stereocenters. The summed E-state index contributed by atoms with van der Waals surface area (Å²) in [7, 11) is 0. The molecule has 6 heteroatoms. The molecule has 0 fully saturated rings. The molecule has 0 saturated carbocycles. The van der Waals surface area contributed by atoms with Crippen molar-refractivity contribution in [1.82, 2.24) is 15.6 Å². The standard InChI is InChI=1S/C12H17N3O3/c1-3-9(11(16)17)15-12(18)14-7-10-8(2)5-4-6-13-10/h4-6,9H,3,7H2,1-2H3,(H,16,17)(H2,14,15,18)/t9-/m0/s1. The van der Waals surface area contributed by atoms with Crippen molar-refractivity contribution < 1.29 is 14.7 Å². The van der Waals surface area contributed by atoms with Crippen LogP contribution in [0.5, 0.6) is 0 Å². The van der Waals surface area contributed by atoms with E-state index in [0.717, 1.165) is 11.3 Å². The maximum atomic E-state index is 11.5. The quantitative estimate of drug-likeness (QED) is 0.729. The predicted octanol–water partition coefficient (Wildman–Crippen LogP) is 1.05. The zero-order valence-electron chi connectivity index (χ0n) is 10.4. The second-order valence-corrected chi connectivity index (χ2v) is 3.89. The molecule has 0 aliphatic rings. The smallest absolute Gasteiger partial charge is 0.326 e. The summed E-state index contributed by atoms with van der Waals surface area (Å²) in [4.78, 5) is 26.4. The maximum Gasteiger partial charge on any atom is 0.326 e. The third kappa shape index (κ3) is 4.04. The summed E-state index contributed by atoms with van der Waals surface area (Å²) >= 11 is 0. The van der Waals surface area contributed by atoms with Gasteiger partial charge in [0.25, 0.3) is 0 Å². The van der Waals surface area contributed by atoms with E-state index in [0.29, 0.717) is 6.42 Å². The number of aromatic nitrogens is 1. The summed E-state index contributed by atoms with van der Waals surface area (Å²) < 4.78 is 0. The number of rotatable bonds is 5. The molecule has 3 N–H and O–H groups in total. The first-order chi connectivity index (χ1) is 8.54. The fourth-order valence-electron chi connectivity index (χ4n) is 1.42. The van der Waals surface area contributed by atoms with Gasteiger partial charge in [-0.1, -0.05) is 13.0 Å². The molecule has 1 heterocycles. The van der Waals surface area contributed by atoms with E-state index in [1.54, 1.807) is 13.1 Å². The van der Waals surface area contributed by atoms with Crippen LogP contribution >= 0.6 is 0 Å². The van der Waals surface area contributed by atoms with E-state index in [2.05, 4.69) is 15.6 Å². The average molecular weight is 251 g/mol. The normalized spacial score (nSPS) is 11.7. The van der Waals surface area contributed by atoms with Crippen molar-refractivity contribution in [3.8, 4) is 0 Å². The number of hydrogen-bond donors (Lipinski definition) is 3. The topological polar surface area (TPSA) is 91.3 Å². The number of aliphatic carboxylic acids is 1. The Kier molecular flexibility index (Phi) is 5.10. The predicted molar refractivity (Wildman–Crippen MR) is 66.1 cm³/mol. The summed E-state index contributed by atoms with van der Waals surface area (Å²) in [5.41, 5.74) is 1.74. The lowest BCUT2D eigenvalue weighted by Gasteiger charge is -2.13. The highest BCUT2D eigenvalue weighted by Crippen LogP contribution is 2.02. The molecule has 2 amide bonds. The number of pyridine rings is 1. The third-order valence-electron chi connectivity index (χ3n) is 2.55. The molecule has 0 bridgehead atoms. The first kappa shape index (κ1) is 14.0. The number of carboxylic acids is 1. The number of aryl methyl sites for hydroxylation is 1. The van der Waals surface area contributed by atoms with Crippen LogP contribution in [0.15, 0.2) is 18.3 Å². The van der Waals surface area contributed by atoms with Crippen LogP contribution in [0.4, 0.5) is 4.79 Å². The minimum atomic E-state index is -1.04. The molecule has 0 aliphatic heterocycles. The summed E-state index contributed by atoms with van der Waals surface area (Å²) in [6.07, 6.45) is 1.99. The van der Waals surface area contributed by atoms with Gasteiger partial charge in [-0.15, -0.1) is 0 Å². The number of carbonyl (C=O) groups excluding carboxylic acids is 1. The molecule has 0 saturated heterocycles. The molecule has 0 spiro atoms. The highest BCUT2D eigenvalue weighted by Gasteiger charge is 2.17. The highest BCUT2D eigenvalue weighted by atomic mass is 16.4. The first-order valence-corrected chi connectivity index (χ1v) is 5.72. The lowest BCUT2D eigenvalue weighted by atomic mass is 10.2. The Bertz CT molecular complexity index is 434. The monoisotopic (exact) mass is 251 g/mol. The van der Waals surface area contributed by atoms with Gasteiger partial charge in [-0.2, -0.15) is 0 Å². The number of carboxylic acid groups (broad SMARTS) is 1. The molecule has 6 nitrogen and oxygen atoms in total. The van der Waals surface area contributed by atoms with Crippen molar-refractivity contribution in [2.75, 3.05) is 0 Å². The van der Waals surface area contributed by atoms with Crippen LogP contribution in [0.2, 0.25) is 0 Å². The van der Waals surface area contributed by atoms with Gasteiger partial charge < -0.3 is 15.7 Å². The molecule has 18 heavy (non-hydrogen) atoms. The zero-order valence-corrected chi connectivity index (χ0v) is 10.4. The van der Waals surface area contributed by atoms with Crippen molar-refractivity contribution in [2.24, 2.45) is 0 Å². The number of urea groups is 1. The second kappa shape index (κ2) is 6.58. The lowest BCUT2D eigenvalue weighted by molar-refractivity contribution is -0.139.